The minimum atomic E-state index is 0.684. The molecule has 0 saturated carbocycles. The van der Waals surface area contributed by atoms with Gasteiger partial charge in [-0.2, -0.15) is 0 Å². The topological polar surface area (TPSA) is 37.4 Å². The Bertz CT molecular complexity index is 355. The second-order valence-corrected chi connectivity index (χ2v) is 6.27. The number of aromatic nitrogens is 1. The zero-order valence-electron chi connectivity index (χ0n) is 13.3. The summed E-state index contributed by atoms with van der Waals surface area (Å²) in [5.74, 6) is 0.684. The summed E-state index contributed by atoms with van der Waals surface area (Å²) < 4.78 is 5.41. The largest absolute Gasteiger partial charge is 0.380 e. The monoisotopic (exact) mass is 299 g/mol. The first kappa shape index (κ1) is 17.6. The molecule has 4 nitrogen and oxygen atoms in total. The lowest BCUT2D eigenvalue weighted by molar-refractivity contribution is 0.112. The Kier molecular flexibility index (Phi) is 9.02. The van der Waals surface area contributed by atoms with E-state index in [1.54, 1.807) is 11.3 Å². The second kappa shape index (κ2) is 10.3. The molecule has 116 valence electrons. The average molecular weight is 299 g/mol. The predicted molar refractivity (Wildman–Crippen MR) is 86.1 cm³/mol. The van der Waals surface area contributed by atoms with Crippen LogP contribution in [0.25, 0.3) is 0 Å². The van der Waals surface area contributed by atoms with Gasteiger partial charge in [0, 0.05) is 31.6 Å². The molecule has 0 saturated heterocycles. The van der Waals surface area contributed by atoms with Crippen LogP contribution in [0.1, 0.15) is 38.4 Å². The maximum atomic E-state index is 5.41. The maximum absolute atomic E-state index is 5.41. The Morgan fingerprint density at radius 3 is 2.85 bits per heavy atom. The van der Waals surface area contributed by atoms with Crippen LogP contribution in [0, 0.1) is 5.92 Å². The third kappa shape index (κ3) is 7.33. The van der Waals surface area contributed by atoms with Gasteiger partial charge in [0.05, 0.1) is 12.3 Å². The molecule has 0 aliphatic rings. The van der Waals surface area contributed by atoms with Crippen molar-refractivity contribution < 1.29 is 4.74 Å². The van der Waals surface area contributed by atoms with E-state index in [1.807, 2.05) is 6.92 Å². The van der Waals surface area contributed by atoms with Crippen LogP contribution in [0.5, 0.6) is 0 Å². The highest BCUT2D eigenvalue weighted by Gasteiger charge is 2.07. The fourth-order valence-corrected chi connectivity index (χ4v) is 2.64. The highest BCUT2D eigenvalue weighted by molar-refractivity contribution is 7.09. The van der Waals surface area contributed by atoms with Crippen molar-refractivity contribution in [3.05, 3.63) is 16.1 Å². The molecule has 1 aromatic heterocycles. The maximum Gasteiger partial charge on any atom is 0.107 e. The summed E-state index contributed by atoms with van der Waals surface area (Å²) in [5, 5.41) is 6.80. The number of thiazole rings is 1. The number of hydrogen-bond donors (Lipinski definition) is 1. The van der Waals surface area contributed by atoms with E-state index in [-0.39, 0.29) is 0 Å². The molecule has 0 unspecified atom stereocenters. The van der Waals surface area contributed by atoms with Gasteiger partial charge in [-0.05, 0) is 25.9 Å². The van der Waals surface area contributed by atoms with E-state index >= 15 is 0 Å². The summed E-state index contributed by atoms with van der Waals surface area (Å²) in [6, 6.07) is 0. The van der Waals surface area contributed by atoms with Gasteiger partial charge in [-0.1, -0.05) is 20.8 Å². The first-order chi connectivity index (χ1) is 9.65. The van der Waals surface area contributed by atoms with Crippen molar-refractivity contribution >= 4 is 11.3 Å². The van der Waals surface area contributed by atoms with Crippen molar-refractivity contribution in [1.82, 2.24) is 15.2 Å². The van der Waals surface area contributed by atoms with E-state index in [9.17, 15) is 0 Å². The van der Waals surface area contributed by atoms with Crippen LogP contribution < -0.4 is 5.32 Å². The van der Waals surface area contributed by atoms with E-state index < -0.39 is 0 Å². The molecule has 0 aliphatic carbocycles. The van der Waals surface area contributed by atoms with Gasteiger partial charge in [-0.15, -0.1) is 11.3 Å². The minimum Gasteiger partial charge on any atom is -0.380 e. The van der Waals surface area contributed by atoms with Crippen molar-refractivity contribution in [2.45, 2.75) is 40.8 Å². The number of rotatable bonds is 11. The summed E-state index contributed by atoms with van der Waals surface area (Å²) in [7, 11) is 0. The number of nitrogens with one attached hydrogen (secondary N) is 1. The van der Waals surface area contributed by atoms with E-state index in [0.29, 0.717) is 5.92 Å². The van der Waals surface area contributed by atoms with Gasteiger partial charge in [-0.25, -0.2) is 4.98 Å². The quantitative estimate of drug-likeness (QED) is 0.638. The molecule has 0 radical (unpaired) electrons. The van der Waals surface area contributed by atoms with Crippen LogP contribution in [0.2, 0.25) is 0 Å². The average Bonchev–Trinajstić information content (AvgIpc) is 2.85. The summed E-state index contributed by atoms with van der Waals surface area (Å²) in [4.78, 5) is 7.07. The number of likely N-dealkylation sites (N-methyl/N-ethyl adjacent to an activating group) is 1. The first-order valence-corrected chi connectivity index (χ1v) is 8.47. The Balaban J connectivity index is 2.33. The van der Waals surface area contributed by atoms with Crippen molar-refractivity contribution in [2.75, 3.05) is 32.8 Å². The Hall–Kier alpha value is -0.490. The molecule has 0 aliphatic heterocycles. The molecule has 5 heteroatoms. The van der Waals surface area contributed by atoms with Gasteiger partial charge in [0.25, 0.3) is 0 Å². The van der Waals surface area contributed by atoms with Gasteiger partial charge in [-0.3, -0.25) is 4.90 Å². The zero-order valence-corrected chi connectivity index (χ0v) is 14.1. The predicted octanol–water partition coefficient (Wildman–Crippen LogP) is 2.75. The minimum absolute atomic E-state index is 0.684. The SMILES string of the molecule is CCOCCN(CC)Cc1csc(CNCC(C)C)n1. The van der Waals surface area contributed by atoms with E-state index in [4.69, 9.17) is 9.72 Å². The lowest BCUT2D eigenvalue weighted by Gasteiger charge is -2.18. The van der Waals surface area contributed by atoms with Gasteiger partial charge in [0.1, 0.15) is 5.01 Å². The summed E-state index contributed by atoms with van der Waals surface area (Å²) in [6.45, 7) is 15.1. The number of nitrogens with zero attached hydrogens (tertiary/aromatic N) is 2. The van der Waals surface area contributed by atoms with Crippen molar-refractivity contribution in [2.24, 2.45) is 5.92 Å². The van der Waals surface area contributed by atoms with Gasteiger partial charge < -0.3 is 10.1 Å². The van der Waals surface area contributed by atoms with Gasteiger partial charge >= 0.3 is 0 Å². The van der Waals surface area contributed by atoms with Gasteiger partial charge in [0.2, 0.25) is 0 Å². The zero-order chi connectivity index (χ0) is 14.8. The molecule has 1 heterocycles. The highest BCUT2D eigenvalue weighted by Crippen LogP contribution is 2.11. The van der Waals surface area contributed by atoms with Crippen LogP contribution in [0.3, 0.4) is 0 Å². The Morgan fingerprint density at radius 2 is 2.20 bits per heavy atom. The molecular weight excluding hydrogens is 270 g/mol. The van der Waals surface area contributed by atoms with Gasteiger partial charge in [0.15, 0.2) is 0 Å². The lowest BCUT2D eigenvalue weighted by Crippen LogP contribution is -2.27. The number of ether oxygens (including phenoxy) is 1. The van der Waals surface area contributed by atoms with Crippen LogP contribution >= 0.6 is 11.3 Å². The molecule has 0 amide bonds. The molecule has 0 spiro atoms. The third-order valence-corrected chi connectivity index (χ3v) is 3.91. The van der Waals surface area contributed by atoms with Crippen molar-refractivity contribution in [3.8, 4) is 0 Å². The normalized spacial score (nSPS) is 11.7. The molecule has 0 aromatic carbocycles. The second-order valence-electron chi connectivity index (χ2n) is 5.32. The van der Waals surface area contributed by atoms with E-state index in [1.165, 1.54) is 10.7 Å². The van der Waals surface area contributed by atoms with Crippen LogP contribution in [-0.4, -0.2) is 42.7 Å². The van der Waals surface area contributed by atoms with Crippen molar-refractivity contribution in [1.29, 1.82) is 0 Å². The fourth-order valence-electron chi connectivity index (χ4n) is 1.89. The molecule has 1 N–H and O–H groups in total. The Labute approximate surface area is 127 Å². The smallest absolute Gasteiger partial charge is 0.107 e. The molecule has 0 atom stereocenters. The fraction of sp³-hybridized carbons (Fsp3) is 0.800. The lowest BCUT2D eigenvalue weighted by atomic mass is 10.2. The summed E-state index contributed by atoms with van der Waals surface area (Å²) in [6.07, 6.45) is 0. The number of hydrogen-bond acceptors (Lipinski definition) is 5. The molecule has 1 rings (SSSR count). The summed E-state index contributed by atoms with van der Waals surface area (Å²) in [5.41, 5.74) is 1.18. The van der Waals surface area contributed by atoms with Crippen LogP contribution in [0.15, 0.2) is 5.38 Å². The standard InChI is InChI=1S/C15H29N3OS/c1-5-18(7-8-19-6-2)11-14-12-20-15(17-14)10-16-9-13(3)4/h12-13,16H,5-11H2,1-4H3. The molecule has 20 heavy (non-hydrogen) atoms. The highest BCUT2D eigenvalue weighted by atomic mass is 32.1. The third-order valence-electron chi connectivity index (χ3n) is 3.02. The van der Waals surface area contributed by atoms with E-state index in [2.05, 4.69) is 36.4 Å². The van der Waals surface area contributed by atoms with E-state index in [0.717, 1.165) is 45.9 Å². The van der Waals surface area contributed by atoms with Crippen molar-refractivity contribution in [3.63, 3.8) is 0 Å². The molecule has 0 bridgehead atoms. The molecule has 0 fully saturated rings. The molecular formula is C15H29N3OS. The molecule has 1 aromatic rings. The van der Waals surface area contributed by atoms with Crippen LogP contribution in [0.4, 0.5) is 0 Å². The summed E-state index contributed by atoms with van der Waals surface area (Å²) >= 11 is 1.75. The van der Waals surface area contributed by atoms with Crippen LogP contribution in [-0.2, 0) is 17.8 Å². The first-order valence-electron chi connectivity index (χ1n) is 7.59. The Morgan fingerprint density at radius 1 is 1.40 bits per heavy atom.